The van der Waals surface area contributed by atoms with Crippen molar-refractivity contribution in [2.45, 2.75) is 24.3 Å². The van der Waals surface area contributed by atoms with Gasteiger partial charge in [0.15, 0.2) is 0 Å². The van der Waals surface area contributed by atoms with E-state index in [2.05, 4.69) is 0 Å². The van der Waals surface area contributed by atoms with Crippen LogP contribution in [0.1, 0.15) is 29.5 Å². The first-order chi connectivity index (χ1) is 17.1. The number of amides is 1. The van der Waals surface area contributed by atoms with E-state index >= 15 is 0 Å². The quantitative estimate of drug-likeness (QED) is 0.281. The number of nitrogens with zero attached hydrogens (tertiary/aromatic N) is 2. The maximum absolute atomic E-state index is 13.5. The Balaban J connectivity index is 1.66. The predicted octanol–water partition coefficient (Wildman–Crippen LogP) is -0.632. The number of furan rings is 1. The fourth-order valence-corrected chi connectivity index (χ4v) is 5.45. The Morgan fingerprint density at radius 1 is 1.11 bits per heavy atom. The van der Waals surface area contributed by atoms with Crippen LogP contribution in [0, 0.1) is 6.92 Å². The highest BCUT2D eigenvalue weighted by Crippen LogP contribution is 2.39. The summed E-state index contributed by atoms with van der Waals surface area (Å²) in [6, 6.07) is 7.82. The van der Waals surface area contributed by atoms with Crippen molar-refractivity contribution in [1.82, 2.24) is 9.21 Å². The van der Waals surface area contributed by atoms with Gasteiger partial charge >= 0.3 is 0 Å². The molecule has 2 saturated heterocycles. The van der Waals surface area contributed by atoms with Gasteiger partial charge < -0.3 is 24.1 Å². The van der Waals surface area contributed by atoms with Crippen LogP contribution in [0.25, 0.3) is 5.76 Å². The van der Waals surface area contributed by atoms with E-state index in [1.807, 2.05) is 0 Å². The van der Waals surface area contributed by atoms with Gasteiger partial charge in [0.1, 0.15) is 30.7 Å². The second-order valence-corrected chi connectivity index (χ2v) is 11.4. The Hall–Kier alpha value is -2.99. The molecule has 1 amide bonds. The summed E-state index contributed by atoms with van der Waals surface area (Å²) in [4.78, 5) is 28.9. The highest BCUT2D eigenvalue weighted by Gasteiger charge is 2.45. The third-order valence-corrected chi connectivity index (χ3v) is 8.41. The third kappa shape index (κ3) is 5.10. The average Bonchev–Trinajstić information content (AvgIpc) is 3.40. The number of Topliss-reactive ketones (excluding diaryl/α,β-unsaturated/α-hetero) is 1. The minimum Gasteiger partial charge on any atom is -0.872 e. The molecule has 0 radical (unpaired) electrons. The highest BCUT2D eigenvalue weighted by atomic mass is 32.2. The van der Waals surface area contributed by atoms with Crippen LogP contribution in [-0.2, 0) is 24.3 Å². The fraction of sp³-hybridized carbons (Fsp3) is 0.440. The Morgan fingerprint density at radius 3 is 2.36 bits per heavy atom. The van der Waals surface area contributed by atoms with Crippen molar-refractivity contribution < 1.29 is 37.2 Å². The van der Waals surface area contributed by atoms with Crippen molar-refractivity contribution in [1.29, 1.82) is 0 Å². The van der Waals surface area contributed by atoms with E-state index in [1.54, 1.807) is 19.1 Å². The molecule has 36 heavy (non-hydrogen) atoms. The summed E-state index contributed by atoms with van der Waals surface area (Å²) in [5, 5.41) is 13.5. The third-order valence-electron chi connectivity index (χ3n) is 6.58. The Kier molecular flexibility index (Phi) is 7.65. The van der Waals surface area contributed by atoms with Gasteiger partial charge in [-0.3, -0.25) is 9.59 Å². The molecule has 1 unspecified atom stereocenters. The average molecular weight is 518 g/mol. The molecule has 10 nitrogen and oxygen atoms in total. The second-order valence-electron chi connectivity index (χ2n) is 9.20. The lowest BCUT2D eigenvalue weighted by molar-refractivity contribution is -0.908. The highest BCUT2D eigenvalue weighted by molar-refractivity contribution is 7.89. The molecule has 1 atom stereocenters. The number of quaternary nitrogens is 1. The molecule has 2 aliphatic heterocycles. The van der Waals surface area contributed by atoms with E-state index in [0.717, 1.165) is 23.9 Å². The van der Waals surface area contributed by atoms with Crippen LogP contribution in [0.2, 0.25) is 0 Å². The molecule has 1 N–H and O–H groups in total. The molecule has 0 aliphatic carbocycles. The normalized spacial score (nSPS) is 21.0. The summed E-state index contributed by atoms with van der Waals surface area (Å²) >= 11 is 0. The lowest BCUT2D eigenvalue weighted by Crippen LogP contribution is -3.14. The first-order valence-electron chi connectivity index (χ1n) is 11.9. The molecule has 0 saturated carbocycles. The number of ketones is 1. The lowest BCUT2D eigenvalue weighted by atomic mass is 9.99. The van der Waals surface area contributed by atoms with Crippen LogP contribution in [-0.4, -0.2) is 82.8 Å². The number of rotatable bonds is 8. The maximum atomic E-state index is 13.5. The summed E-state index contributed by atoms with van der Waals surface area (Å²) in [6.07, 6.45) is 0.656. The number of aryl methyl sites for hydroxylation is 1. The van der Waals surface area contributed by atoms with E-state index in [1.165, 1.54) is 48.2 Å². The number of ether oxygens (including phenoxy) is 1. The van der Waals surface area contributed by atoms with Crippen molar-refractivity contribution in [3.63, 3.8) is 0 Å². The number of sulfonamides is 1. The van der Waals surface area contributed by atoms with Crippen LogP contribution in [0.15, 0.2) is 51.3 Å². The van der Waals surface area contributed by atoms with Gasteiger partial charge in [-0.2, -0.15) is 0 Å². The molecule has 0 bridgehead atoms. The zero-order valence-corrected chi connectivity index (χ0v) is 21.5. The summed E-state index contributed by atoms with van der Waals surface area (Å²) in [5.74, 6) is -1.27. The molecule has 4 rings (SSSR count). The van der Waals surface area contributed by atoms with Crippen LogP contribution >= 0.6 is 0 Å². The zero-order valence-electron chi connectivity index (χ0n) is 20.7. The van der Waals surface area contributed by atoms with E-state index in [-0.39, 0.29) is 16.0 Å². The lowest BCUT2D eigenvalue weighted by Gasteiger charge is -2.27. The van der Waals surface area contributed by atoms with Gasteiger partial charge in [-0.05, 0) is 36.8 Å². The minimum absolute atomic E-state index is 0.0216. The Bertz CT molecular complexity index is 1260. The van der Waals surface area contributed by atoms with E-state index < -0.39 is 33.5 Å². The largest absolute Gasteiger partial charge is 0.872 e. The first kappa shape index (κ1) is 26.1. The molecule has 11 heteroatoms. The van der Waals surface area contributed by atoms with E-state index in [4.69, 9.17) is 9.15 Å². The number of carbonyl (C=O) groups is 2. The van der Waals surface area contributed by atoms with Gasteiger partial charge in [0, 0.05) is 32.6 Å². The van der Waals surface area contributed by atoms with Crippen LogP contribution in [0.4, 0.5) is 0 Å². The number of morpholine rings is 1. The van der Waals surface area contributed by atoms with Crippen molar-refractivity contribution in [2.75, 3.05) is 53.5 Å². The SMILES string of the molecule is Cc1ccc(C2/C(=C(\[O-])c3ccc(S(=O)(=O)N(C)C)cc3)C(=O)C(=O)N2CCC[NH+]2CCOCC2)o1. The number of hydrogen-bond donors (Lipinski definition) is 1. The second kappa shape index (κ2) is 10.6. The number of benzene rings is 1. The molecule has 0 spiro atoms. The molecular formula is C25H31N3O7S. The summed E-state index contributed by atoms with van der Waals surface area (Å²) in [6.45, 7) is 6.05. The first-order valence-corrected chi connectivity index (χ1v) is 13.3. The topological polar surface area (TPSA) is 125 Å². The van der Waals surface area contributed by atoms with E-state index in [0.29, 0.717) is 37.7 Å². The smallest absolute Gasteiger partial charge is 0.295 e. The van der Waals surface area contributed by atoms with Crippen LogP contribution in [0.3, 0.4) is 0 Å². The molecule has 1 aromatic heterocycles. The number of hydrogen-bond acceptors (Lipinski definition) is 7. The molecule has 2 aliphatic rings. The molecule has 1 aromatic carbocycles. The van der Waals surface area contributed by atoms with Crippen LogP contribution < -0.4 is 10.0 Å². The predicted molar refractivity (Wildman–Crippen MR) is 128 cm³/mol. The monoisotopic (exact) mass is 517 g/mol. The van der Waals surface area contributed by atoms with Crippen molar-refractivity contribution in [2.24, 2.45) is 0 Å². The molecule has 3 heterocycles. The molecule has 2 aromatic rings. The molecular weight excluding hydrogens is 486 g/mol. The number of likely N-dealkylation sites (tertiary alicyclic amines) is 1. The van der Waals surface area contributed by atoms with Gasteiger partial charge in [-0.1, -0.05) is 17.9 Å². The van der Waals surface area contributed by atoms with Crippen molar-refractivity contribution >= 4 is 27.5 Å². The van der Waals surface area contributed by atoms with Crippen molar-refractivity contribution in [3.8, 4) is 0 Å². The van der Waals surface area contributed by atoms with Crippen LogP contribution in [0.5, 0.6) is 0 Å². The zero-order chi connectivity index (χ0) is 26.0. The number of carbonyl (C=O) groups excluding carboxylic acids is 2. The Morgan fingerprint density at radius 2 is 1.78 bits per heavy atom. The summed E-state index contributed by atoms with van der Waals surface area (Å²) < 4.78 is 37.0. The van der Waals surface area contributed by atoms with Gasteiger partial charge in [0.25, 0.3) is 5.91 Å². The minimum atomic E-state index is -3.68. The standard InChI is InChI=1S/C25H31N3O7S/c1-17-5-10-20(35-17)22-21(23(29)18-6-8-19(9-7-18)36(32,33)26(2)3)24(30)25(31)28(22)12-4-11-27-13-15-34-16-14-27/h5-10,22,29H,4,11-16H2,1-3H3/b23-21+. The van der Waals surface area contributed by atoms with Gasteiger partial charge in [-0.25, -0.2) is 12.7 Å². The van der Waals surface area contributed by atoms with Gasteiger partial charge in [-0.15, -0.1) is 0 Å². The fourth-order valence-electron chi connectivity index (χ4n) is 4.55. The number of nitrogens with one attached hydrogen (secondary N) is 1. The Labute approximate surface area is 210 Å². The molecule has 194 valence electrons. The van der Waals surface area contributed by atoms with Gasteiger partial charge in [0.05, 0.1) is 24.7 Å². The van der Waals surface area contributed by atoms with Gasteiger partial charge in [0.2, 0.25) is 15.8 Å². The molecule has 2 fully saturated rings. The summed E-state index contributed by atoms with van der Waals surface area (Å²) in [7, 11) is -0.847. The maximum Gasteiger partial charge on any atom is 0.295 e. The van der Waals surface area contributed by atoms with E-state index in [9.17, 15) is 23.1 Å². The summed E-state index contributed by atoms with van der Waals surface area (Å²) in [5.41, 5.74) is -0.0620. The van der Waals surface area contributed by atoms with Crippen molar-refractivity contribution in [3.05, 3.63) is 59.1 Å².